The van der Waals surface area contributed by atoms with Crippen molar-refractivity contribution in [3.05, 3.63) is 45.3 Å². The molecule has 0 aromatic rings. The van der Waals surface area contributed by atoms with Gasteiger partial charge in [-0.2, -0.15) is 0 Å². The molecule has 4 atom stereocenters. The van der Waals surface area contributed by atoms with Gasteiger partial charge in [0.15, 0.2) is 5.75 Å². The molecule has 176 valence electrons. The van der Waals surface area contributed by atoms with Gasteiger partial charge in [-0.1, -0.05) is 41.4 Å². The van der Waals surface area contributed by atoms with E-state index in [0.717, 1.165) is 19.5 Å². The van der Waals surface area contributed by atoms with Gasteiger partial charge in [0, 0.05) is 26.2 Å². The van der Waals surface area contributed by atoms with Crippen molar-refractivity contribution in [3.8, 4) is 0 Å². The third kappa shape index (κ3) is 7.37. The summed E-state index contributed by atoms with van der Waals surface area (Å²) in [4.78, 5) is 26.7. The van der Waals surface area contributed by atoms with Gasteiger partial charge >= 0.3 is 5.97 Å². The Hall–Kier alpha value is -1.29. The van der Waals surface area contributed by atoms with Gasteiger partial charge in [0.25, 0.3) is 5.91 Å². The minimum absolute atomic E-state index is 0.127. The molecular formula is C22H28Cl2N2O5S. The first-order valence-electron chi connectivity index (χ1n) is 10.5. The fraction of sp³-hybridized carbons (Fsp3) is 0.545. The zero-order chi connectivity index (χ0) is 23.1. The van der Waals surface area contributed by atoms with Crippen molar-refractivity contribution in [2.45, 2.75) is 18.9 Å². The molecule has 1 amide bonds. The van der Waals surface area contributed by atoms with Crippen LogP contribution < -0.4 is 5.32 Å². The van der Waals surface area contributed by atoms with Crippen molar-refractivity contribution in [1.29, 1.82) is 0 Å². The summed E-state index contributed by atoms with van der Waals surface area (Å²) in [5, 5.41) is 4.02. The molecule has 0 aromatic carbocycles. The largest absolute Gasteiger partial charge is 0.611 e. The van der Waals surface area contributed by atoms with Crippen LogP contribution in [0.15, 0.2) is 45.3 Å². The maximum absolute atomic E-state index is 12.5. The van der Waals surface area contributed by atoms with E-state index in [1.165, 1.54) is 7.11 Å². The summed E-state index contributed by atoms with van der Waals surface area (Å²) in [6.45, 7) is 3.32. The van der Waals surface area contributed by atoms with E-state index in [4.69, 9.17) is 32.7 Å². The maximum atomic E-state index is 12.5. The molecule has 0 bridgehead atoms. The molecule has 1 N–H and O–H groups in total. The van der Waals surface area contributed by atoms with E-state index in [0.29, 0.717) is 47.0 Å². The highest BCUT2D eigenvalue weighted by atomic mass is 35.5. The van der Waals surface area contributed by atoms with Gasteiger partial charge in [0.05, 0.1) is 35.8 Å². The van der Waals surface area contributed by atoms with E-state index in [-0.39, 0.29) is 29.7 Å². The number of methoxy groups -OCH3 is 1. The molecule has 1 saturated heterocycles. The van der Waals surface area contributed by atoms with E-state index in [1.807, 2.05) is 12.2 Å². The highest BCUT2D eigenvalue weighted by Crippen LogP contribution is 2.29. The van der Waals surface area contributed by atoms with Crippen molar-refractivity contribution >= 4 is 46.3 Å². The Morgan fingerprint density at radius 2 is 2.12 bits per heavy atom. The second kappa shape index (κ2) is 12.3. The number of esters is 1. The van der Waals surface area contributed by atoms with Crippen LogP contribution in [0, 0.1) is 11.8 Å². The van der Waals surface area contributed by atoms with E-state index >= 15 is 0 Å². The molecule has 0 aromatic heterocycles. The molecular weight excluding hydrogens is 475 g/mol. The fourth-order valence-corrected chi connectivity index (χ4v) is 5.24. The van der Waals surface area contributed by atoms with Gasteiger partial charge in [-0.05, 0) is 42.1 Å². The summed E-state index contributed by atoms with van der Waals surface area (Å²) < 4.78 is 23.0. The molecule has 2 aliphatic carbocycles. The van der Waals surface area contributed by atoms with Crippen LogP contribution in [0.25, 0.3) is 0 Å². The zero-order valence-electron chi connectivity index (χ0n) is 17.9. The summed E-state index contributed by atoms with van der Waals surface area (Å²) in [5.41, 5.74) is 0. The van der Waals surface area contributed by atoms with E-state index in [2.05, 4.69) is 10.2 Å². The van der Waals surface area contributed by atoms with Crippen LogP contribution in [0.1, 0.15) is 12.8 Å². The number of carbonyl (C=O) groups is 2. The molecule has 0 radical (unpaired) electrons. The number of ether oxygens (including phenoxy) is 2. The number of nitrogens with one attached hydrogen (secondary N) is 1. The minimum atomic E-state index is -1.47. The van der Waals surface area contributed by atoms with Crippen molar-refractivity contribution in [2.24, 2.45) is 11.8 Å². The van der Waals surface area contributed by atoms with Crippen LogP contribution in [0.5, 0.6) is 0 Å². The number of nitrogens with zero attached hydrogens (tertiary/aromatic N) is 1. The number of amides is 1. The van der Waals surface area contributed by atoms with Crippen LogP contribution in [-0.2, 0) is 30.2 Å². The predicted octanol–water partition coefficient (Wildman–Crippen LogP) is 2.45. The lowest BCUT2D eigenvalue weighted by atomic mass is 9.99. The molecule has 1 heterocycles. The van der Waals surface area contributed by atoms with Crippen LogP contribution in [0.4, 0.5) is 0 Å². The number of hydrogen-bond donors (Lipinski definition) is 1. The summed E-state index contributed by atoms with van der Waals surface area (Å²) in [7, 11) is 1.34. The first-order valence-corrected chi connectivity index (χ1v) is 12.6. The van der Waals surface area contributed by atoms with Gasteiger partial charge in [-0.15, -0.1) is 0 Å². The normalized spacial score (nSPS) is 27.1. The van der Waals surface area contributed by atoms with Crippen LogP contribution >= 0.6 is 23.2 Å². The molecule has 1 fully saturated rings. The average molecular weight is 503 g/mol. The quantitative estimate of drug-likeness (QED) is 0.404. The number of hydrogen-bond acceptors (Lipinski definition) is 6. The minimum Gasteiger partial charge on any atom is -0.611 e. The predicted molar refractivity (Wildman–Crippen MR) is 126 cm³/mol. The number of carbonyl (C=O) groups excluding carboxylic acids is 2. The van der Waals surface area contributed by atoms with Crippen molar-refractivity contribution in [3.63, 3.8) is 0 Å². The Morgan fingerprint density at radius 1 is 1.31 bits per heavy atom. The Kier molecular flexibility index (Phi) is 9.70. The lowest BCUT2D eigenvalue weighted by Gasteiger charge is -2.35. The van der Waals surface area contributed by atoms with Crippen molar-refractivity contribution in [1.82, 2.24) is 10.2 Å². The Balaban J connectivity index is 1.39. The van der Waals surface area contributed by atoms with Gasteiger partial charge < -0.3 is 19.3 Å². The molecule has 3 rings (SSSR count). The first-order chi connectivity index (χ1) is 15.4. The van der Waals surface area contributed by atoms with Gasteiger partial charge in [-0.3, -0.25) is 14.5 Å². The molecule has 3 aliphatic rings. The third-order valence-corrected chi connectivity index (χ3v) is 7.68. The standard InChI is InChI=1S/C22H28Cl2N2O5S/c1-30-22(28)16-3-5-18(6-4-16)32(29)14-21(27)25-11-17-13-26(8-9-31-17)12-15-2-7-19(23)20(24)10-15/h3,5-7,10,15-17H,2,4,8-9,11-14H2,1H3,(H,25,27)/t15?,16?,17-,32?/m0/s1. The highest BCUT2D eigenvalue weighted by Gasteiger charge is 2.26. The molecule has 10 heteroatoms. The van der Waals surface area contributed by atoms with E-state index < -0.39 is 11.2 Å². The molecule has 3 unspecified atom stereocenters. The summed E-state index contributed by atoms with van der Waals surface area (Å²) in [6.07, 6.45) is 10.1. The van der Waals surface area contributed by atoms with Gasteiger partial charge in [0.1, 0.15) is 4.91 Å². The maximum Gasteiger partial charge on any atom is 0.312 e. The van der Waals surface area contributed by atoms with Crippen LogP contribution in [-0.4, -0.2) is 73.1 Å². The number of rotatable bonds is 8. The fourth-order valence-electron chi connectivity index (χ4n) is 3.81. The number of halogens is 2. The third-order valence-electron chi connectivity index (χ3n) is 5.55. The molecule has 0 saturated carbocycles. The Labute approximate surface area is 201 Å². The molecule has 1 aliphatic heterocycles. The Bertz CT molecular complexity index is 829. The summed E-state index contributed by atoms with van der Waals surface area (Å²) in [5.74, 6) is -0.821. The number of allylic oxidation sites excluding steroid dienone is 5. The SMILES string of the molecule is COC(=O)C1C=CC([S+]([O-])CC(=O)NC[C@H]2CN(CC3C=C(Cl)C(Cl)=CC3)CCO2)=CC1. The second-order valence-electron chi connectivity index (χ2n) is 7.94. The smallest absolute Gasteiger partial charge is 0.312 e. The monoisotopic (exact) mass is 502 g/mol. The average Bonchev–Trinajstić information content (AvgIpc) is 2.80. The van der Waals surface area contributed by atoms with Crippen molar-refractivity contribution in [2.75, 3.05) is 45.6 Å². The van der Waals surface area contributed by atoms with Gasteiger partial charge in [0.2, 0.25) is 0 Å². The van der Waals surface area contributed by atoms with Crippen LogP contribution in [0.2, 0.25) is 0 Å². The summed E-state index contributed by atoms with van der Waals surface area (Å²) in [6, 6.07) is 0. The molecule has 0 spiro atoms. The topological polar surface area (TPSA) is 90.9 Å². The summed E-state index contributed by atoms with van der Waals surface area (Å²) >= 11 is 10.7. The molecule has 32 heavy (non-hydrogen) atoms. The van der Waals surface area contributed by atoms with Crippen LogP contribution in [0.3, 0.4) is 0 Å². The van der Waals surface area contributed by atoms with Gasteiger partial charge in [-0.25, -0.2) is 0 Å². The van der Waals surface area contributed by atoms with E-state index in [1.54, 1.807) is 18.2 Å². The molecule has 7 nitrogen and oxygen atoms in total. The van der Waals surface area contributed by atoms with Crippen molar-refractivity contribution < 1.29 is 23.6 Å². The Morgan fingerprint density at radius 3 is 2.81 bits per heavy atom. The number of morpholine rings is 1. The first kappa shape index (κ1) is 25.3. The highest BCUT2D eigenvalue weighted by molar-refractivity contribution is 7.96. The van der Waals surface area contributed by atoms with E-state index in [9.17, 15) is 14.1 Å². The lowest BCUT2D eigenvalue weighted by Crippen LogP contribution is -2.49. The lowest BCUT2D eigenvalue weighted by molar-refractivity contribution is -0.143. The zero-order valence-corrected chi connectivity index (χ0v) is 20.3. The second-order valence-corrected chi connectivity index (χ2v) is 10.2.